The summed E-state index contributed by atoms with van der Waals surface area (Å²) in [5.74, 6) is 2.67. The molecule has 2 aromatic carbocycles. The van der Waals surface area contributed by atoms with E-state index in [0.29, 0.717) is 42.6 Å². The van der Waals surface area contributed by atoms with Crippen LogP contribution in [0.25, 0.3) is 11.0 Å². The predicted octanol–water partition coefficient (Wildman–Crippen LogP) is 5.58. The van der Waals surface area contributed by atoms with Crippen LogP contribution in [-0.2, 0) is 17.9 Å². The maximum atomic E-state index is 12.8. The molecule has 1 fully saturated rings. The molecule has 0 bridgehead atoms. The van der Waals surface area contributed by atoms with Crippen LogP contribution in [0.2, 0.25) is 0 Å². The highest BCUT2D eigenvalue weighted by atomic mass is 16.6. The summed E-state index contributed by atoms with van der Waals surface area (Å²) in [6.07, 6.45) is 3.13. The van der Waals surface area contributed by atoms with Gasteiger partial charge in [0.25, 0.3) is 0 Å². The van der Waals surface area contributed by atoms with Gasteiger partial charge in [0.15, 0.2) is 11.5 Å². The number of pyridine rings is 1. The highest BCUT2D eigenvalue weighted by Crippen LogP contribution is 2.35. The van der Waals surface area contributed by atoms with Crippen LogP contribution in [0.1, 0.15) is 44.7 Å². The number of amides is 1. The summed E-state index contributed by atoms with van der Waals surface area (Å²) in [7, 11) is 1.64. The monoisotopic (exact) mass is 559 g/mol. The Bertz CT molecular complexity index is 1480. The Balaban J connectivity index is 1.46. The van der Waals surface area contributed by atoms with Crippen molar-refractivity contribution in [2.24, 2.45) is 0 Å². The number of fused-ring (bicyclic) bond motifs is 1. The van der Waals surface area contributed by atoms with Crippen LogP contribution in [0.5, 0.6) is 17.2 Å². The maximum absolute atomic E-state index is 12.8. The first-order chi connectivity index (χ1) is 19.7. The summed E-state index contributed by atoms with van der Waals surface area (Å²) in [6, 6.07) is 16.9. The fourth-order valence-corrected chi connectivity index (χ4v) is 4.84. The molecule has 0 saturated carbocycles. The second-order valence-electron chi connectivity index (χ2n) is 11.2. The third-order valence-corrected chi connectivity index (χ3v) is 6.83. The average molecular weight is 560 g/mol. The van der Waals surface area contributed by atoms with E-state index in [0.717, 1.165) is 35.1 Å². The lowest BCUT2D eigenvalue weighted by Crippen LogP contribution is -2.47. The minimum absolute atomic E-state index is 0.0271. The van der Waals surface area contributed by atoms with E-state index in [-0.39, 0.29) is 18.7 Å². The number of aliphatic hydroxyl groups excluding tert-OH is 1. The zero-order chi connectivity index (χ0) is 29.0. The summed E-state index contributed by atoms with van der Waals surface area (Å²) in [4.78, 5) is 19.2. The molecule has 1 saturated heterocycles. The highest BCUT2D eigenvalue weighted by Gasteiger charge is 2.29. The molecule has 216 valence electrons. The lowest BCUT2D eigenvalue weighted by Gasteiger charge is -2.34. The number of nitrogens with one attached hydrogen (secondary N) is 1. The molecule has 0 radical (unpaired) electrons. The first-order valence-corrected chi connectivity index (χ1v) is 13.8. The van der Waals surface area contributed by atoms with Gasteiger partial charge in [0.2, 0.25) is 0 Å². The van der Waals surface area contributed by atoms with Crippen molar-refractivity contribution in [1.82, 2.24) is 19.7 Å². The number of anilines is 1. The molecule has 5 rings (SSSR count). The van der Waals surface area contributed by atoms with Gasteiger partial charge in [-0.15, -0.1) is 0 Å². The summed E-state index contributed by atoms with van der Waals surface area (Å²) in [5.41, 5.74) is 1.97. The Kier molecular flexibility index (Phi) is 8.30. The zero-order valence-electron chi connectivity index (χ0n) is 24.0. The molecule has 2 aromatic heterocycles. The van der Waals surface area contributed by atoms with E-state index in [1.165, 1.54) is 0 Å². The van der Waals surface area contributed by atoms with Crippen LogP contribution in [0.15, 0.2) is 60.8 Å². The smallest absolute Gasteiger partial charge is 0.410 e. The van der Waals surface area contributed by atoms with Crippen LogP contribution in [0, 0.1) is 0 Å². The van der Waals surface area contributed by atoms with E-state index >= 15 is 0 Å². The summed E-state index contributed by atoms with van der Waals surface area (Å²) in [6.45, 7) is 7.24. The predicted molar refractivity (Wildman–Crippen MR) is 157 cm³/mol. The highest BCUT2D eigenvalue weighted by molar-refractivity contribution is 5.93. The van der Waals surface area contributed by atoms with Crippen molar-refractivity contribution in [2.75, 3.05) is 25.5 Å². The standard InChI is InChI=1S/C31H37N5O5/c1-31(2,3)41-30(38)35-17-5-6-23(19-35)33-28-27-26(40-25-13-9-22(20-37)10-14-25)15-16-32-29(27)36(34-28)18-21-7-11-24(39-4)12-8-21/h7-16,23,37H,5-6,17-20H2,1-4H3,(H,33,34)/t23-/m1/s1. The quantitative estimate of drug-likeness (QED) is 0.288. The third-order valence-electron chi connectivity index (χ3n) is 6.83. The molecule has 4 aromatic rings. The number of carbonyl (C=O) groups excluding carboxylic acids is 1. The number of hydrogen-bond acceptors (Lipinski definition) is 8. The van der Waals surface area contributed by atoms with Crippen molar-refractivity contribution in [3.8, 4) is 17.2 Å². The van der Waals surface area contributed by atoms with E-state index in [1.807, 2.05) is 80.1 Å². The molecule has 0 spiro atoms. The van der Waals surface area contributed by atoms with Crippen LogP contribution < -0.4 is 14.8 Å². The van der Waals surface area contributed by atoms with Crippen molar-refractivity contribution in [3.05, 3.63) is 71.9 Å². The number of piperidine rings is 1. The van der Waals surface area contributed by atoms with Crippen LogP contribution >= 0.6 is 0 Å². The van der Waals surface area contributed by atoms with Gasteiger partial charge >= 0.3 is 6.09 Å². The number of benzene rings is 2. The topological polar surface area (TPSA) is 111 Å². The Morgan fingerprint density at radius 1 is 1.05 bits per heavy atom. The van der Waals surface area contributed by atoms with Crippen molar-refractivity contribution in [1.29, 1.82) is 0 Å². The molecule has 1 aliphatic rings. The molecule has 2 N–H and O–H groups in total. The third kappa shape index (κ3) is 6.89. The molecule has 1 atom stereocenters. The molecular formula is C31H37N5O5. The molecule has 0 unspecified atom stereocenters. The van der Waals surface area contributed by atoms with Crippen LogP contribution in [0.3, 0.4) is 0 Å². The van der Waals surface area contributed by atoms with Gasteiger partial charge in [0, 0.05) is 31.4 Å². The fraction of sp³-hybridized carbons (Fsp3) is 0.387. The number of carbonyl (C=O) groups is 1. The Morgan fingerprint density at radius 3 is 2.44 bits per heavy atom. The number of methoxy groups -OCH3 is 1. The normalized spacial score (nSPS) is 15.5. The van der Waals surface area contributed by atoms with E-state index in [9.17, 15) is 9.90 Å². The van der Waals surface area contributed by atoms with Gasteiger partial charge in [-0.2, -0.15) is 5.10 Å². The zero-order valence-corrected chi connectivity index (χ0v) is 24.0. The number of nitrogens with zero attached hydrogens (tertiary/aromatic N) is 4. The fourth-order valence-electron chi connectivity index (χ4n) is 4.84. The Morgan fingerprint density at radius 2 is 1.76 bits per heavy atom. The number of hydrogen-bond donors (Lipinski definition) is 2. The van der Waals surface area contributed by atoms with E-state index < -0.39 is 5.60 Å². The van der Waals surface area contributed by atoms with Gasteiger partial charge in [-0.1, -0.05) is 24.3 Å². The second kappa shape index (κ2) is 12.1. The molecule has 1 amide bonds. The Labute approximate surface area is 239 Å². The van der Waals surface area contributed by atoms with Crippen molar-refractivity contribution < 1.29 is 24.1 Å². The first-order valence-electron chi connectivity index (χ1n) is 13.8. The van der Waals surface area contributed by atoms with Gasteiger partial charge in [-0.25, -0.2) is 14.5 Å². The minimum Gasteiger partial charge on any atom is -0.497 e. The van der Waals surface area contributed by atoms with Gasteiger partial charge in [0.1, 0.15) is 28.2 Å². The van der Waals surface area contributed by atoms with E-state index in [4.69, 9.17) is 19.3 Å². The van der Waals surface area contributed by atoms with Gasteiger partial charge in [-0.05, 0) is 69.0 Å². The SMILES string of the molecule is COc1ccc(Cn2nc(N[C@@H]3CCCN(C(=O)OC(C)(C)C)C3)c3c(Oc4ccc(CO)cc4)ccnc32)cc1. The molecule has 3 heterocycles. The van der Waals surface area contributed by atoms with E-state index in [1.54, 1.807) is 18.2 Å². The van der Waals surface area contributed by atoms with Crippen molar-refractivity contribution in [3.63, 3.8) is 0 Å². The van der Waals surface area contributed by atoms with Gasteiger partial charge < -0.3 is 29.5 Å². The number of aromatic nitrogens is 3. The van der Waals surface area contributed by atoms with Gasteiger partial charge in [0.05, 0.1) is 20.3 Å². The molecule has 0 aliphatic carbocycles. The summed E-state index contributed by atoms with van der Waals surface area (Å²) in [5, 5.41) is 18.7. The second-order valence-corrected chi connectivity index (χ2v) is 11.2. The van der Waals surface area contributed by atoms with Crippen molar-refractivity contribution in [2.45, 2.75) is 58.4 Å². The average Bonchev–Trinajstić information content (AvgIpc) is 3.30. The number of aliphatic hydroxyl groups is 1. The Hall–Kier alpha value is -4.31. The lowest BCUT2D eigenvalue weighted by atomic mass is 10.1. The summed E-state index contributed by atoms with van der Waals surface area (Å²) < 4.78 is 19.1. The largest absolute Gasteiger partial charge is 0.497 e. The van der Waals surface area contributed by atoms with Gasteiger partial charge in [-0.3, -0.25) is 0 Å². The molecule has 1 aliphatic heterocycles. The molecule has 10 heteroatoms. The number of likely N-dealkylation sites (tertiary alicyclic amines) is 1. The molecule has 41 heavy (non-hydrogen) atoms. The lowest BCUT2D eigenvalue weighted by molar-refractivity contribution is 0.0206. The number of ether oxygens (including phenoxy) is 3. The number of rotatable bonds is 8. The molecular weight excluding hydrogens is 522 g/mol. The van der Waals surface area contributed by atoms with Crippen LogP contribution in [0.4, 0.5) is 10.6 Å². The summed E-state index contributed by atoms with van der Waals surface area (Å²) >= 11 is 0. The minimum atomic E-state index is -0.554. The maximum Gasteiger partial charge on any atom is 0.410 e. The first kappa shape index (κ1) is 28.2. The molecule has 10 nitrogen and oxygen atoms in total. The van der Waals surface area contributed by atoms with E-state index in [2.05, 4.69) is 10.3 Å². The van der Waals surface area contributed by atoms with Crippen LogP contribution in [-0.4, -0.2) is 62.7 Å². The van der Waals surface area contributed by atoms with Crippen molar-refractivity contribution >= 4 is 22.9 Å².